The van der Waals surface area contributed by atoms with E-state index in [0.29, 0.717) is 28.7 Å². The van der Waals surface area contributed by atoms with Gasteiger partial charge in [0, 0.05) is 24.0 Å². The average Bonchev–Trinajstić information content (AvgIpc) is 2.52. The van der Waals surface area contributed by atoms with Gasteiger partial charge in [0.05, 0.1) is 12.1 Å². The maximum atomic E-state index is 10.8. The van der Waals surface area contributed by atoms with Gasteiger partial charge in [0.1, 0.15) is 6.61 Å². The van der Waals surface area contributed by atoms with Gasteiger partial charge in [-0.15, -0.1) is 0 Å². The molecule has 0 unspecified atom stereocenters. The Morgan fingerprint density at radius 2 is 2.27 bits per heavy atom. The normalized spacial score (nSPS) is 10.6. The fraction of sp³-hybridized carbons (Fsp3) is 0.125. The van der Waals surface area contributed by atoms with Crippen molar-refractivity contribution in [1.82, 2.24) is 4.98 Å². The minimum Gasteiger partial charge on any atom is -0.493 e. The summed E-state index contributed by atoms with van der Waals surface area (Å²) < 4.78 is 11.0. The Bertz CT molecular complexity index is 687. The van der Waals surface area contributed by atoms with Crippen molar-refractivity contribution in [3.63, 3.8) is 0 Å². The molecule has 114 valence electrons. The fourth-order valence-electron chi connectivity index (χ4n) is 1.79. The van der Waals surface area contributed by atoms with E-state index in [1.807, 2.05) is 12.1 Å². The standard InChI is InChI=1S/C16H15ClN2O3/c1-21-14-8-11(4-5-15(18)20)7-13(17)16(14)22-10-12-3-2-6-19-9-12/h2-9H,10H2,1H3,(H2,18,20)/b5-4+. The van der Waals surface area contributed by atoms with Crippen molar-refractivity contribution in [3.05, 3.63) is 58.9 Å². The zero-order valence-electron chi connectivity index (χ0n) is 12.0. The van der Waals surface area contributed by atoms with E-state index in [4.69, 9.17) is 26.8 Å². The first-order valence-corrected chi connectivity index (χ1v) is 6.84. The van der Waals surface area contributed by atoms with Crippen LogP contribution in [0.15, 0.2) is 42.7 Å². The summed E-state index contributed by atoms with van der Waals surface area (Å²) in [7, 11) is 1.52. The van der Waals surface area contributed by atoms with Gasteiger partial charge in [-0.3, -0.25) is 9.78 Å². The summed E-state index contributed by atoms with van der Waals surface area (Å²) in [4.78, 5) is 14.8. The third-order valence-corrected chi connectivity index (χ3v) is 3.08. The number of nitrogens with zero attached hydrogens (tertiary/aromatic N) is 1. The van der Waals surface area contributed by atoms with E-state index in [0.717, 1.165) is 5.56 Å². The van der Waals surface area contributed by atoms with Gasteiger partial charge < -0.3 is 15.2 Å². The lowest BCUT2D eigenvalue weighted by Crippen LogP contribution is -2.05. The molecule has 0 aliphatic rings. The highest BCUT2D eigenvalue weighted by Crippen LogP contribution is 2.37. The number of halogens is 1. The van der Waals surface area contributed by atoms with Crippen LogP contribution in [0.1, 0.15) is 11.1 Å². The molecule has 0 atom stereocenters. The smallest absolute Gasteiger partial charge is 0.241 e. The highest BCUT2D eigenvalue weighted by Gasteiger charge is 2.11. The van der Waals surface area contributed by atoms with Gasteiger partial charge in [-0.1, -0.05) is 17.7 Å². The molecule has 0 bridgehead atoms. The second-order valence-corrected chi connectivity index (χ2v) is 4.83. The van der Waals surface area contributed by atoms with Gasteiger partial charge in [0.15, 0.2) is 11.5 Å². The molecule has 22 heavy (non-hydrogen) atoms. The zero-order chi connectivity index (χ0) is 15.9. The molecule has 0 aliphatic heterocycles. The Morgan fingerprint density at radius 1 is 1.45 bits per heavy atom. The number of amides is 1. The number of carbonyl (C=O) groups excluding carboxylic acids is 1. The van der Waals surface area contributed by atoms with E-state index < -0.39 is 5.91 Å². The predicted molar refractivity (Wildman–Crippen MR) is 84.8 cm³/mol. The van der Waals surface area contributed by atoms with E-state index in [9.17, 15) is 4.79 Å². The van der Waals surface area contributed by atoms with Crippen LogP contribution in [0, 0.1) is 0 Å². The second kappa shape index (κ2) is 7.47. The number of benzene rings is 1. The number of primary amides is 1. The van der Waals surface area contributed by atoms with E-state index in [-0.39, 0.29) is 0 Å². The first-order chi connectivity index (χ1) is 10.6. The Labute approximate surface area is 133 Å². The first-order valence-electron chi connectivity index (χ1n) is 6.47. The van der Waals surface area contributed by atoms with Crippen molar-refractivity contribution < 1.29 is 14.3 Å². The van der Waals surface area contributed by atoms with Gasteiger partial charge in [0.2, 0.25) is 5.91 Å². The number of ether oxygens (including phenoxy) is 2. The van der Waals surface area contributed by atoms with Crippen LogP contribution in [0.3, 0.4) is 0 Å². The lowest BCUT2D eigenvalue weighted by Gasteiger charge is -2.13. The largest absolute Gasteiger partial charge is 0.493 e. The molecule has 2 rings (SSSR count). The summed E-state index contributed by atoms with van der Waals surface area (Å²) in [5.74, 6) is 0.372. The number of methoxy groups -OCH3 is 1. The third kappa shape index (κ3) is 4.23. The molecule has 0 fully saturated rings. The molecule has 0 saturated carbocycles. The number of nitrogens with two attached hydrogens (primary N) is 1. The summed E-state index contributed by atoms with van der Waals surface area (Å²) in [5, 5.41) is 0.382. The summed E-state index contributed by atoms with van der Waals surface area (Å²) in [6.45, 7) is 0.320. The van der Waals surface area contributed by atoms with Crippen molar-refractivity contribution >= 4 is 23.6 Å². The van der Waals surface area contributed by atoms with Crippen molar-refractivity contribution in [2.45, 2.75) is 6.61 Å². The Kier molecular flexibility index (Phi) is 5.38. The molecule has 1 amide bonds. The minimum atomic E-state index is -0.535. The minimum absolute atomic E-state index is 0.320. The predicted octanol–water partition coefficient (Wildman–Crippen LogP) is 2.82. The van der Waals surface area contributed by atoms with E-state index >= 15 is 0 Å². The molecule has 6 heteroatoms. The van der Waals surface area contributed by atoms with E-state index in [1.54, 1.807) is 30.6 Å². The van der Waals surface area contributed by atoms with Crippen LogP contribution < -0.4 is 15.2 Å². The first kappa shape index (κ1) is 15.9. The Hall–Kier alpha value is -2.53. The van der Waals surface area contributed by atoms with Crippen molar-refractivity contribution in [3.8, 4) is 11.5 Å². The van der Waals surface area contributed by atoms with Gasteiger partial charge in [-0.25, -0.2) is 0 Å². The molecular formula is C16H15ClN2O3. The van der Waals surface area contributed by atoms with Crippen LogP contribution in [-0.2, 0) is 11.4 Å². The number of carbonyl (C=O) groups is 1. The molecule has 0 saturated heterocycles. The molecule has 0 radical (unpaired) electrons. The van der Waals surface area contributed by atoms with Crippen LogP contribution in [0.2, 0.25) is 5.02 Å². The fourth-order valence-corrected chi connectivity index (χ4v) is 2.07. The van der Waals surface area contributed by atoms with Crippen molar-refractivity contribution in [2.24, 2.45) is 5.73 Å². The lowest BCUT2D eigenvalue weighted by atomic mass is 10.2. The SMILES string of the molecule is COc1cc(/C=C/C(N)=O)cc(Cl)c1OCc1cccnc1. The monoisotopic (exact) mass is 318 g/mol. The van der Waals surface area contributed by atoms with E-state index in [1.165, 1.54) is 13.2 Å². The topological polar surface area (TPSA) is 74.4 Å². The third-order valence-electron chi connectivity index (χ3n) is 2.80. The number of hydrogen-bond donors (Lipinski definition) is 1. The summed E-state index contributed by atoms with van der Waals surface area (Å²) in [5.41, 5.74) is 6.67. The van der Waals surface area contributed by atoms with Gasteiger partial charge in [-0.05, 0) is 29.8 Å². The lowest BCUT2D eigenvalue weighted by molar-refractivity contribution is -0.113. The quantitative estimate of drug-likeness (QED) is 0.831. The maximum Gasteiger partial charge on any atom is 0.241 e. The Morgan fingerprint density at radius 3 is 2.91 bits per heavy atom. The van der Waals surface area contributed by atoms with Crippen LogP contribution in [0.4, 0.5) is 0 Å². The maximum absolute atomic E-state index is 10.8. The van der Waals surface area contributed by atoms with Crippen molar-refractivity contribution in [2.75, 3.05) is 7.11 Å². The zero-order valence-corrected chi connectivity index (χ0v) is 12.7. The number of rotatable bonds is 6. The summed E-state index contributed by atoms with van der Waals surface area (Å²) >= 11 is 6.22. The summed E-state index contributed by atoms with van der Waals surface area (Å²) in [6, 6.07) is 7.11. The van der Waals surface area contributed by atoms with E-state index in [2.05, 4.69) is 4.98 Å². The van der Waals surface area contributed by atoms with Gasteiger partial charge in [0.25, 0.3) is 0 Å². The highest BCUT2D eigenvalue weighted by atomic mass is 35.5. The highest BCUT2D eigenvalue weighted by molar-refractivity contribution is 6.32. The number of hydrogen-bond acceptors (Lipinski definition) is 4. The average molecular weight is 319 g/mol. The second-order valence-electron chi connectivity index (χ2n) is 4.42. The number of pyridine rings is 1. The molecule has 1 aromatic carbocycles. The molecular weight excluding hydrogens is 304 g/mol. The van der Waals surface area contributed by atoms with Crippen LogP contribution in [0.5, 0.6) is 11.5 Å². The van der Waals surface area contributed by atoms with Crippen LogP contribution >= 0.6 is 11.6 Å². The molecule has 0 aliphatic carbocycles. The van der Waals surface area contributed by atoms with Gasteiger partial charge >= 0.3 is 0 Å². The molecule has 1 aromatic heterocycles. The Balaban J connectivity index is 2.22. The number of aromatic nitrogens is 1. The molecule has 2 N–H and O–H groups in total. The van der Waals surface area contributed by atoms with Crippen LogP contribution in [0.25, 0.3) is 6.08 Å². The van der Waals surface area contributed by atoms with Gasteiger partial charge in [-0.2, -0.15) is 0 Å². The molecule has 5 nitrogen and oxygen atoms in total. The molecule has 2 aromatic rings. The van der Waals surface area contributed by atoms with Crippen LogP contribution in [-0.4, -0.2) is 18.0 Å². The summed E-state index contributed by atoms with van der Waals surface area (Å²) in [6.07, 6.45) is 6.21. The molecule has 0 spiro atoms. The molecule has 1 heterocycles. The van der Waals surface area contributed by atoms with Crippen molar-refractivity contribution in [1.29, 1.82) is 0 Å².